The number of nitrogens with zero attached hydrogens (tertiary/aromatic N) is 2. The van der Waals surface area contributed by atoms with Crippen molar-refractivity contribution in [2.24, 2.45) is 4.99 Å². The lowest BCUT2D eigenvalue weighted by Gasteiger charge is -2.03. The third-order valence-corrected chi connectivity index (χ3v) is 6.39. The number of ether oxygens (including phenoxy) is 1. The molecular weight excluding hydrogens is 527 g/mol. The normalized spacial score (nSPS) is 11.5. The molecule has 3 aromatic carbocycles. The molecule has 0 bridgehead atoms. The van der Waals surface area contributed by atoms with Gasteiger partial charge in [-0.15, -0.1) is 0 Å². The summed E-state index contributed by atoms with van der Waals surface area (Å²) in [6.07, 6.45) is 1.64. The van der Waals surface area contributed by atoms with Crippen LogP contribution >= 0.6 is 39.1 Å². The van der Waals surface area contributed by atoms with Crippen LogP contribution in [-0.2, 0) is 0 Å². The number of halogens is 3. The summed E-state index contributed by atoms with van der Waals surface area (Å²) in [6, 6.07) is 20.3. The third-order valence-electron chi connectivity index (χ3n) is 4.95. The number of methoxy groups -OCH3 is 1. The molecule has 0 aliphatic carbocycles. The molecule has 0 spiro atoms. The molecule has 0 atom stereocenters. The van der Waals surface area contributed by atoms with Crippen molar-refractivity contribution in [3.8, 4) is 28.5 Å². The standard InChI is InChI=1S/C25H15BrCl2N2O3/c1-31-22-8-5-14(11-18(22)26)25-30-20-12-15(6-9-23(20)33-25)29-13-16-7-10-21(32-16)17-3-2-4-19(27)24(17)28/h2-13H,1H3. The maximum absolute atomic E-state index is 6.29. The summed E-state index contributed by atoms with van der Waals surface area (Å²) < 4.78 is 17.9. The third kappa shape index (κ3) is 4.42. The Bertz CT molecular complexity index is 1510. The fraction of sp³-hybridized carbons (Fsp3) is 0.0400. The number of aliphatic imine (C=N–C) groups is 1. The summed E-state index contributed by atoms with van der Waals surface area (Å²) in [6.45, 7) is 0. The molecule has 0 N–H and O–H groups in total. The summed E-state index contributed by atoms with van der Waals surface area (Å²) in [5.74, 6) is 2.46. The van der Waals surface area contributed by atoms with Gasteiger partial charge in [-0.3, -0.25) is 4.99 Å². The molecule has 5 aromatic rings. The number of furan rings is 1. The van der Waals surface area contributed by atoms with E-state index < -0.39 is 0 Å². The average Bonchev–Trinajstić information content (AvgIpc) is 3.46. The molecule has 0 saturated carbocycles. The van der Waals surface area contributed by atoms with Gasteiger partial charge < -0.3 is 13.6 Å². The van der Waals surface area contributed by atoms with Crippen molar-refractivity contribution in [3.63, 3.8) is 0 Å². The van der Waals surface area contributed by atoms with E-state index in [2.05, 4.69) is 25.9 Å². The van der Waals surface area contributed by atoms with Gasteiger partial charge in [0.05, 0.1) is 33.5 Å². The summed E-state index contributed by atoms with van der Waals surface area (Å²) in [5.41, 5.74) is 3.67. The maximum Gasteiger partial charge on any atom is 0.227 e. The van der Waals surface area contributed by atoms with Gasteiger partial charge >= 0.3 is 0 Å². The van der Waals surface area contributed by atoms with Gasteiger partial charge in [0.15, 0.2) is 5.58 Å². The molecule has 5 nitrogen and oxygen atoms in total. The van der Waals surface area contributed by atoms with Crippen LogP contribution < -0.4 is 4.74 Å². The largest absolute Gasteiger partial charge is 0.496 e. The maximum atomic E-state index is 6.29. The van der Waals surface area contributed by atoms with Crippen molar-refractivity contribution in [1.82, 2.24) is 4.98 Å². The zero-order valence-corrected chi connectivity index (χ0v) is 20.3. The number of hydrogen-bond donors (Lipinski definition) is 0. The summed E-state index contributed by atoms with van der Waals surface area (Å²) in [7, 11) is 1.62. The van der Waals surface area contributed by atoms with E-state index in [0.717, 1.165) is 27.0 Å². The Labute approximate surface area is 207 Å². The van der Waals surface area contributed by atoms with Crippen LogP contribution in [0.3, 0.4) is 0 Å². The Morgan fingerprint density at radius 3 is 2.70 bits per heavy atom. The summed E-state index contributed by atoms with van der Waals surface area (Å²) in [5, 5.41) is 0.927. The average molecular weight is 542 g/mol. The summed E-state index contributed by atoms with van der Waals surface area (Å²) in [4.78, 5) is 9.11. The first-order valence-corrected chi connectivity index (χ1v) is 11.4. The Kier molecular flexibility index (Phi) is 5.98. The predicted molar refractivity (Wildman–Crippen MR) is 135 cm³/mol. The number of benzene rings is 3. The van der Waals surface area contributed by atoms with Gasteiger partial charge in [-0.1, -0.05) is 29.3 Å². The highest BCUT2D eigenvalue weighted by atomic mass is 79.9. The minimum atomic E-state index is 0.452. The van der Waals surface area contributed by atoms with E-state index in [1.807, 2.05) is 60.7 Å². The van der Waals surface area contributed by atoms with Gasteiger partial charge in [-0.2, -0.15) is 0 Å². The Morgan fingerprint density at radius 2 is 1.88 bits per heavy atom. The lowest BCUT2D eigenvalue weighted by molar-refractivity contribution is 0.412. The first-order valence-electron chi connectivity index (χ1n) is 9.84. The number of aromatic nitrogens is 1. The highest BCUT2D eigenvalue weighted by Gasteiger charge is 2.12. The van der Waals surface area contributed by atoms with Crippen LogP contribution in [0.25, 0.3) is 33.9 Å². The second kappa shape index (κ2) is 9.06. The van der Waals surface area contributed by atoms with Crippen molar-refractivity contribution < 1.29 is 13.6 Å². The molecule has 0 saturated heterocycles. The van der Waals surface area contributed by atoms with Crippen LogP contribution in [-0.4, -0.2) is 18.3 Å². The SMILES string of the molecule is COc1ccc(-c2nc3cc(N=Cc4ccc(-c5cccc(Cl)c5Cl)o4)ccc3o2)cc1Br. The molecule has 2 aromatic heterocycles. The number of oxazole rings is 1. The highest BCUT2D eigenvalue weighted by Crippen LogP contribution is 2.35. The topological polar surface area (TPSA) is 60.8 Å². The lowest BCUT2D eigenvalue weighted by Crippen LogP contribution is -1.85. The van der Waals surface area contributed by atoms with Crippen LogP contribution in [0.4, 0.5) is 5.69 Å². The monoisotopic (exact) mass is 540 g/mol. The van der Waals surface area contributed by atoms with E-state index in [4.69, 9.17) is 36.8 Å². The van der Waals surface area contributed by atoms with Crippen LogP contribution in [0.2, 0.25) is 10.0 Å². The van der Waals surface area contributed by atoms with E-state index in [9.17, 15) is 0 Å². The molecular formula is C25H15BrCl2N2O3. The van der Waals surface area contributed by atoms with Crippen LogP contribution in [0.1, 0.15) is 5.76 Å². The van der Waals surface area contributed by atoms with Crippen LogP contribution in [0.15, 0.2) is 85.0 Å². The van der Waals surface area contributed by atoms with Crippen LogP contribution in [0.5, 0.6) is 5.75 Å². The fourth-order valence-electron chi connectivity index (χ4n) is 3.32. The van der Waals surface area contributed by atoms with Crippen molar-refractivity contribution in [2.45, 2.75) is 0 Å². The lowest BCUT2D eigenvalue weighted by atomic mass is 10.2. The molecule has 5 rings (SSSR count). The molecule has 8 heteroatoms. The van der Waals surface area contributed by atoms with E-state index in [1.54, 1.807) is 19.4 Å². The first-order chi connectivity index (χ1) is 16.0. The minimum Gasteiger partial charge on any atom is -0.496 e. The van der Waals surface area contributed by atoms with Gasteiger partial charge in [0, 0.05) is 11.1 Å². The van der Waals surface area contributed by atoms with Crippen molar-refractivity contribution >= 4 is 62.1 Å². The van der Waals surface area contributed by atoms with Crippen LogP contribution in [0, 0.1) is 0 Å². The van der Waals surface area contributed by atoms with Gasteiger partial charge in [0.1, 0.15) is 22.8 Å². The van der Waals surface area contributed by atoms with E-state index in [0.29, 0.717) is 38.6 Å². The number of hydrogen-bond acceptors (Lipinski definition) is 5. The molecule has 0 unspecified atom stereocenters. The molecule has 33 heavy (non-hydrogen) atoms. The Morgan fingerprint density at radius 1 is 1.00 bits per heavy atom. The smallest absolute Gasteiger partial charge is 0.227 e. The molecule has 164 valence electrons. The van der Waals surface area contributed by atoms with E-state index >= 15 is 0 Å². The molecule has 0 amide bonds. The van der Waals surface area contributed by atoms with Crippen molar-refractivity contribution in [3.05, 3.63) is 87.0 Å². The van der Waals surface area contributed by atoms with Gasteiger partial charge in [-0.05, 0) is 76.6 Å². The van der Waals surface area contributed by atoms with Gasteiger partial charge in [0.2, 0.25) is 5.89 Å². The number of rotatable bonds is 5. The quantitative estimate of drug-likeness (QED) is 0.209. The second-order valence-electron chi connectivity index (χ2n) is 7.08. The first kappa shape index (κ1) is 21.8. The Hall–Kier alpha value is -3.06. The molecule has 0 aliphatic rings. The molecule has 0 aliphatic heterocycles. The fourth-order valence-corrected chi connectivity index (χ4v) is 4.25. The number of fused-ring (bicyclic) bond motifs is 1. The van der Waals surface area contributed by atoms with E-state index in [1.165, 1.54) is 0 Å². The summed E-state index contributed by atoms with van der Waals surface area (Å²) >= 11 is 15.9. The van der Waals surface area contributed by atoms with Gasteiger partial charge in [0.25, 0.3) is 0 Å². The predicted octanol–water partition coefficient (Wildman–Crippen LogP) is 8.58. The van der Waals surface area contributed by atoms with Crippen molar-refractivity contribution in [2.75, 3.05) is 7.11 Å². The minimum absolute atomic E-state index is 0.452. The van der Waals surface area contributed by atoms with E-state index in [-0.39, 0.29) is 0 Å². The molecule has 2 heterocycles. The Balaban J connectivity index is 1.39. The highest BCUT2D eigenvalue weighted by molar-refractivity contribution is 9.10. The zero-order valence-electron chi connectivity index (χ0n) is 17.2. The van der Waals surface area contributed by atoms with Crippen molar-refractivity contribution in [1.29, 1.82) is 0 Å². The molecule has 0 radical (unpaired) electrons. The molecule has 0 fully saturated rings. The zero-order chi connectivity index (χ0) is 22.9. The second-order valence-corrected chi connectivity index (χ2v) is 8.72. The van der Waals surface area contributed by atoms with Gasteiger partial charge in [-0.25, -0.2) is 4.98 Å².